The van der Waals surface area contributed by atoms with Gasteiger partial charge in [0.1, 0.15) is 0 Å². The second kappa shape index (κ2) is 8.11. The van der Waals surface area contributed by atoms with E-state index in [0.29, 0.717) is 0 Å². The average Bonchev–Trinajstić information content (AvgIpc) is 2.42. The number of rotatable bonds is 2. The summed E-state index contributed by atoms with van der Waals surface area (Å²) in [4.78, 5) is 2.15. The number of hydrogen-bond donors (Lipinski definition) is 1. The van der Waals surface area contributed by atoms with Crippen LogP contribution in [0.5, 0.6) is 0 Å². The molecule has 0 saturated heterocycles. The van der Waals surface area contributed by atoms with Crippen LogP contribution in [-0.4, -0.2) is 31.2 Å². The SMILES string of the molecule is C[S+](C)[O-].Cc1c(-c2ccc(N)cc2)ccc(N(C)C)c1C. The van der Waals surface area contributed by atoms with Crippen molar-refractivity contribution in [1.29, 1.82) is 0 Å². The minimum Gasteiger partial charge on any atom is -0.617 e. The van der Waals surface area contributed by atoms with Crippen molar-refractivity contribution in [2.45, 2.75) is 13.8 Å². The van der Waals surface area contributed by atoms with Crippen LogP contribution >= 0.6 is 0 Å². The van der Waals surface area contributed by atoms with Crippen molar-refractivity contribution in [1.82, 2.24) is 0 Å². The Hall–Kier alpha value is -1.65. The molecule has 0 amide bonds. The van der Waals surface area contributed by atoms with Crippen LogP contribution in [0.1, 0.15) is 11.1 Å². The minimum absolute atomic E-state index is 0.611. The molecule has 2 N–H and O–H groups in total. The summed E-state index contributed by atoms with van der Waals surface area (Å²) in [5, 5.41) is 0. The lowest BCUT2D eigenvalue weighted by Gasteiger charge is -2.19. The third-order valence-electron chi connectivity index (χ3n) is 3.46. The van der Waals surface area contributed by atoms with Crippen LogP contribution in [0.15, 0.2) is 36.4 Å². The highest BCUT2D eigenvalue weighted by Gasteiger charge is 2.09. The van der Waals surface area contributed by atoms with Crippen molar-refractivity contribution < 1.29 is 4.55 Å². The average molecular weight is 318 g/mol. The Morgan fingerprint density at radius 3 is 1.86 bits per heavy atom. The van der Waals surface area contributed by atoms with Gasteiger partial charge in [0.2, 0.25) is 0 Å². The van der Waals surface area contributed by atoms with E-state index in [1.165, 1.54) is 27.9 Å². The van der Waals surface area contributed by atoms with Gasteiger partial charge in [-0.15, -0.1) is 0 Å². The molecule has 0 bridgehead atoms. The van der Waals surface area contributed by atoms with E-state index in [1.807, 2.05) is 12.1 Å². The lowest BCUT2D eigenvalue weighted by Crippen LogP contribution is -2.11. The summed E-state index contributed by atoms with van der Waals surface area (Å²) in [6.07, 6.45) is 3.28. The first-order chi connectivity index (χ1) is 10.2. The molecule has 0 aliphatic carbocycles. The lowest BCUT2D eigenvalue weighted by molar-refractivity contribution is 0.606. The number of benzene rings is 2. The molecule has 0 heterocycles. The van der Waals surface area contributed by atoms with Crippen LogP contribution in [0.2, 0.25) is 0 Å². The summed E-state index contributed by atoms with van der Waals surface area (Å²) < 4.78 is 9.56. The summed E-state index contributed by atoms with van der Waals surface area (Å²) in [7, 11) is 4.15. The molecule has 0 spiro atoms. The summed E-state index contributed by atoms with van der Waals surface area (Å²) in [6, 6.07) is 12.4. The third kappa shape index (κ3) is 4.97. The van der Waals surface area contributed by atoms with Crippen molar-refractivity contribution in [3.8, 4) is 11.1 Å². The standard InChI is InChI=1S/C16H20N2.C2H6OS/c1-11-12(2)16(18(3)4)10-9-15(11)13-5-7-14(17)8-6-13;1-4(2)3/h5-10H,17H2,1-4H3;1-2H3. The molecule has 0 aliphatic heterocycles. The van der Waals surface area contributed by atoms with Crippen LogP contribution in [0.4, 0.5) is 11.4 Å². The number of nitrogens with zero attached hydrogens (tertiary/aromatic N) is 1. The van der Waals surface area contributed by atoms with Crippen LogP contribution in [0.3, 0.4) is 0 Å². The van der Waals surface area contributed by atoms with Gasteiger partial charge < -0.3 is 15.2 Å². The van der Waals surface area contributed by atoms with Gasteiger partial charge in [-0.25, -0.2) is 0 Å². The van der Waals surface area contributed by atoms with E-state index in [4.69, 9.17) is 5.73 Å². The van der Waals surface area contributed by atoms with Crippen molar-refractivity contribution in [3.63, 3.8) is 0 Å². The van der Waals surface area contributed by atoms with Crippen LogP contribution in [0.25, 0.3) is 11.1 Å². The van der Waals surface area contributed by atoms with Crippen molar-refractivity contribution in [3.05, 3.63) is 47.5 Å². The first-order valence-electron chi connectivity index (χ1n) is 7.12. The predicted octanol–water partition coefficient (Wildman–Crippen LogP) is 3.61. The van der Waals surface area contributed by atoms with E-state index in [0.717, 1.165) is 5.69 Å². The quantitative estimate of drug-likeness (QED) is 0.680. The minimum atomic E-state index is -0.611. The third-order valence-corrected chi connectivity index (χ3v) is 3.46. The highest BCUT2D eigenvalue weighted by Crippen LogP contribution is 2.31. The lowest BCUT2D eigenvalue weighted by atomic mass is 9.95. The fourth-order valence-corrected chi connectivity index (χ4v) is 2.27. The molecule has 0 atom stereocenters. The maximum absolute atomic E-state index is 9.56. The van der Waals surface area contributed by atoms with Gasteiger partial charge >= 0.3 is 0 Å². The van der Waals surface area contributed by atoms with Gasteiger partial charge in [-0.05, 0) is 54.3 Å². The summed E-state index contributed by atoms with van der Waals surface area (Å²) >= 11 is -0.611. The van der Waals surface area contributed by atoms with Crippen LogP contribution in [-0.2, 0) is 11.2 Å². The van der Waals surface area contributed by atoms with Crippen molar-refractivity contribution in [2.75, 3.05) is 37.2 Å². The molecule has 3 nitrogen and oxygen atoms in total. The van der Waals surface area contributed by atoms with E-state index in [1.54, 1.807) is 12.5 Å². The van der Waals surface area contributed by atoms with Gasteiger partial charge in [0, 0.05) is 25.5 Å². The second-order valence-corrected chi connectivity index (χ2v) is 7.12. The molecular formula is C18H26N2OS. The maximum Gasteiger partial charge on any atom is 0.0946 e. The molecule has 2 aromatic carbocycles. The highest BCUT2D eigenvalue weighted by atomic mass is 32.2. The molecule has 120 valence electrons. The fourth-order valence-electron chi connectivity index (χ4n) is 2.27. The summed E-state index contributed by atoms with van der Waals surface area (Å²) in [5.74, 6) is 0. The first kappa shape index (κ1) is 18.4. The molecule has 2 rings (SSSR count). The van der Waals surface area contributed by atoms with E-state index in [-0.39, 0.29) is 0 Å². The normalized spacial score (nSPS) is 10.2. The smallest absolute Gasteiger partial charge is 0.0946 e. The highest BCUT2D eigenvalue weighted by molar-refractivity contribution is 7.89. The molecule has 0 aliphatic rings. The molecule has 0 radical (unpaired) electrons. The Balaban J connectivity index is 0.000000541. The summed E-state index contributed by atoms with van der Waals surface area (Å²) in [6.45, 7) is 4.35. The zero-order valence-corrected chi connectivity index (χ0v) is 15.1. The summed E-state index contributed by atoms with van der Waals surface area (Å²) in [5.41, 5.74) is 13.0. The Bertz CT molecular complexity index is 604. The zero-order chi connectivity index (χ0) is 16.9. The maximum atomic E-state index is 9.56. The molecule has 2 aromatic rings. The molecular weight excluding hydrogens is 292 g/mol. The van der Waals surface area contributed by atoms with Gasteiger partial charge in [0.15, 0.2) is 0 Å². The van der Waals surface area contributed by atoms with Gasteiger partial charge in [-0.2, -0.15) is 0 Å². The molecule has 0 saturated carbocycles. The van der Waals surface area contributed by atoms with Gasteiger partial charge in [-0.3, -0.25) is 0 Å². The Morgan fingerprint density at radius 1 is 0.909 bits per heavy atom. The Kier molecular flexibility index (Phi) is 6.78. The van der Waals surface area contributed by atoms with E-state index in [9.17, 15) is 4.55 Å². The molecule has 0 fully saturated rings. The second-order valence-electron chi connectivity index (χ2n) is 5.64. The largest absolute Gasteiger partial charge is 0.617 e. The van der Waals surface area contributed by atoms with Gasteiger partial charge in [0.05, 0.1) is 12.5 Å². The zero-order valence-electron chi connectivity index (χ0n) is 14.3. The van der Waals surface area contributed by atoms with Gasteiger partial charge in [0.25, 0.3) is 0 Å². The number of nitrogens with two attached hydrogens (primary N) is 1. The van der Waals surface area contributed by atoms with Crippen LogP contribution in [0, 0.1) is 13.8 Å². The first-order valence-corrected chi connectivity index (χ1v) is 9.09. The number of nitrogen functional groups attached to an aromatic ring is 1. The predicted molar refractivity (Wildman–Crippen MR) is 100 cm³/mol. The van der Waals surface area contributed by atoms with E-state index >= 15 is 0 Å². The Morgan fingerprint density at radius 2 is 1.41 bits per heavy atom. The van der Waals surface area contributed by atoms with E-state index in [2.05, 4.69) is 57.1 Å². The molecule has 4 heteroatoms. The van der Waals surface area contributed by atoms with E-state index < -0.39 is 11.2 Å². The number of anilines is 2. The van der Waals surface area contributed by atoms with Crippen molar-refractivity contribution in [2.24, 2.45) is 0 Å². The van der Waals surface area contributed by atoms with Crippen molar-refractivity contribution >= 4 is 22.6 Å². The molecule has 0 aromatic heterocycles. The Labute approximate surface area is 137 Å². The van der Waals surface area contributed by atoms with Gasteiger partial charge in [-0.1, -0.05) is 29.4 Å². The molecule has 0 unspecified atom stereocenters. The fraction of sp³-hybridized carbons (Fsp3) is 0.333. The van der Waals surface area contributed by atoms with Crippen LogP contribution < -0.4 is 10.6 Å². The molecule has 22 heavy (non-hydrogen) atoms. The monoisotopic (exact) mass is 318 g/mol. The topological polar surface area (TPSA) is 52.3 Å². The number of hydrogen-bond acceptors (Lipinski definition) is 3.